The van der Waals surface area contributed by atoms with Gasteiger partial charge in [0.1, 0.15) is 28.8 Å². The van der Waals surface area contributed by atoms with Crippen LogP contribution in [0.5, 0.6) is 11.5 Å². The van der Waals surface area contributed by atoms with Gasteiger partial charge >= 0.3 is 5.92 Å². The molecule has 188 valence electrons. The number of carbonyl (C=O) groups is 1. The first-order valence-electron chi connectivity index (χ1n) is 10.5. The Kier molecular flexibility index (Phi) is 6.69. The Morgan fingerprint density at radius 3 is 2.41 bits per heavy atom. The molecule has 0 aliphatic rings. The van der Waals surface area contributed by atoms with Crippen LogP contribution in [0.15, 0.2) is 60.8 Å². The summed E-state index contributed by atoms with van der Waals surface area (Å²) in [6.07, 6.45) is 0.959. The highest BCUT2D eigenvalue weighted by Gasteiger charge is 2.58. The normalized spacial score (nSPS) is 13.0. The van der Waals surface area contributed by atoms with Crippen LogP contribution in [0.4, 0.5) is 17.6 Å². The van der Waals surface area contributed by atoms with Gasteiger partial charge in [0.05, 0.1) is 24.4 Å². The third-order valence-corrected chi connectivity index (χ3v) is 5.40. The van der Waals surface area contributed by atoms with Crippen molar-refractivity contribution >= 4 is 5.78 Å². The molecule has 1 unspecified atom stereocenters. The van der Waals surface area contributed by atoms with Crippen molar-refractivity contribution in [3.8, 4) is 17.6 Å². The summed E-state index contributed by atoms with van der Waals surface area (Å²) in [5, 5.41) is 30.4. The molecule has 0 saturated heterocycles. The number of rotatable bonds is 8. The molecule has 37 heavy (non-hydrogen) atoms. The van der Waals surface area contributed by atoms with Crippen molar-refractivity contribution in [3.63, 3.8) is 0 Å². The van der Waals surface area contributed by atoms with E-state index < -0.39 is 52.6 Å². The molecule has 1 atom stereocenters. The van der Waals surface area contributed by atoms with Gasteiger partial charge in [-0.3, -0.25) is 9.78 Å². The fourth-order valence-electron chi connectivity index (χ4n) is 3.53. The summed E-state index contributed by atoms with van der Waals surface area (Å²) < 4.78 is 66.2. The molecule has 0 saturated carbocycles. The minimum absolute atomic E-state index is 0.0557. The Morgan fingerprint density at radius 1 is 1.11 bits per heavy atom. The first kappa shape index (κ1) is 25.4. The van der Waals surface area contributed by atoms with Crippen LogP contribution >= 0.6 is 0 Å². The maximum atomic E-state index is 15.9. The molecule has 2 aromatic carbocycles. The summed E-state index contributed by atoms with van der Waals surface area (Å²) in [5.41, 5.74) is -4.97. The van der Waals surface area contributed by atoms with E-state index in [1.165, 1.54) is 24.3 Å². The molecule has 4 rings (SSSR count). The number of nitriles is 1. The number of alkyl halides is 2. The van der Waals surface area contributed by atoms with Gasteiger partial charge < -0.3 is 9.84 Å². The molecule has 0 amide bonds. The van der Waals surface area contributed by atoms with Crippen molar-refractivity contribution in [1.82, 2.24) is 25.2 Å². The molecule has 0 fully saturated rings. The predicted molar refractivity (Wildman–Crippen MR) is 117 cm³/mol. The molecule has 1 N–H and O–H groups in total. The lowest BCUT2D eigenvalue weighted by atomic mass is 9.84. The van der Waals surface area contributed by atoms with Crippen LogP contribution in [0, 0.1) is 23.0 Å². The van der Waals surface area contributed by atoms with Gasteiger partial charge in [0.15, 0.2) is 11.4 Å². The molecular formula is C24H16F4N6O3. The van der Waals surface area contributed by atoms with Crippen molar-refractivity contribution in [2.24, 2.45) is 0 Å². The summed E-state index contributed by atoms with van der Waals surface area (Å²) in [6.45, 7) is -0.0956. The van der Waals surface area contributed by atoms with E-state index in [2.05, 4.69) is 20.5 Å². The number of tetrazole rings is 1. The predicted octanol–water partition coefficient (Wildman–Crippen LogP) is 3.89. The zero-order chi connectivity index (χ0) is 26.8. The third-order valence-electron chi connectivity index (χ3n) is 5.40. The number of pyridine rings is 1. The highest BCUT2D eigenvalue weighted by Crippen LogP contribution is 2.47. The number of ether oxygens (including phenoxy) is 1. The van der Waals surface area contributed by atoms with Crippen molar-refractivity contribution in [2.75, 3.05) is 0 Å². The maximum absolute atomic E-state index is 15.9. The number of halogens is 4. The maximum Gasteiger partial charge on any atom is 0.323 e. The van der Waals surface area contributed by atoms with Gasteiger partial charge in [-0.2, -0.15) is 14.0 Å². The Bertz CT molecular complexity index is 1490. The molecule has 2 heterocycles. The molecule has 9 nitrogen and oxygen atoms in total. The summed E-state index contributed by atoms with van der Waals surface area (Å²) >= 11 is 0. The number of nitrogens with zero attached hydrogens (tertiary/aromatic N) is 6. The second kappa shape index (κ2) is 9.75. The minimum Gasteiger partial charge on any atom is -0.456 e. The number of ketones is 1. The van der Waals surface area contributed by atoms with E-state index in [-0.39, 0.29) is 5.75 Å². The van der Waals surface area contributed by atoms with E-state index in [0.717, 1.165) is 25.3 Å². The third kappa shape index (κ3) is 4.87. The fraction of sp³-hybridized carbons (Fsp3) is 0.167. The standard InChI is InChI=1S/C24H16F4N6O3/c1-14(35)22-31-32-33-34(22)13-23(36,19-8-4-16(25)10-20(19)26)24(27,28)21-9-7-18(12-30-21)37-17-5-2-15(11-29)3-6-17/h2-10,12,36H,13H2,1H3. The molecule has 2 aromatic heterocycles. The van der Waals surface area contributed by atoms with Crippen LogP contribution in [0.1, 0.15) is 34.4 Å². The Balaban J connectivity index is 1.73. The average Bonchev–Trinajstić information content (AvgIpc) is 3.33. The van der Waals surface area contributed by atoms with Gasteiger partial charge in [0.25, 0.3) is 0 Å². The van der Waals surface area contributed by atoms with Crippen LogP contribution < -0.4 is 4.74 Å². The molecule has 0 radical (unpaired) electrons. The minimum atomic E-state index is -4.31. The van der Waals surface area contributed by atoms with Gasteiger partial charge in [-0.15, -0.1) is 5.10 Å². The molecule has 0 bridgehead atoms. The zero-order valence-electron chi connectivity index (χ0n) is 18.9. The number of aliphatic hydroxyl groups is 1. The topological polar surface area (TPSA) is 127 Å². The smallest absolute Gasteiger partial charge is 0.323 e. The molecule has 0 spiro atoms. The molecule has 13 heteroatoms. The van der Waals surface area contributed by atoms with E-state index in [1.54, 1.807) is 0 Å². The van der Waals surface area contributed by atoms with Gasteiger partial charge in [0.2, 0.25) is 5.82 Å². The Morgan fingerprint density at radius 2 is 1.81 bits per heavy atom. The van der Waals surface area contributed by atoms with E-state index in [4.69, 9.17) is 10.00 Å². The van der Waals surface area contributed by atoms with Gasteiger partial charge in [-0.05, 0) is 59.0 Å². The quantitative estimate of drug-likeness (QED) is 0.278. The largest absolute Gasteiger partial charge is 0.456 e. The SMILES string of the molecule is CC(=O)c1nnnn1CC(O)(c1ccc(F)cc1F)C(F)(F)c1ccc(Oc2ccc(C#N)cc2)cn1. The second-order valence-corrected chi connectivity index (χ2v) is 7.89. The van der Waals surface area contributed by atoms with E-state index in [0.29, 0.717) is 34.2 Å². The van der Waals surface area contributed by atoms with E-state index in [1.807, 2.05) is 6.07 Å². The highest BCUT2D eigenvalue weighted by atomic mass is 19.3. The lowest BCUT2D eigenvalue weighted by molar-refractivity contribution is -0.208. The number of hydrogen-bond acceptors (Lipinski definition) is 8. The molecule has 4 aromatic rings. The lowest BCUT2D eigenvalue weighted by Gasteiger charge is -2.36. The van der Waals surface area contributed by atoms with Crippen molar-refractivity contribution in [3.05, 3.63) is 95.1 Å². The van der Waals surface area contributed by atoms with Crippen molar-refractivity contribution in [1.29, 1.82) is 5.26 Å². The van der Waals surface area contributed by atoms with Gasteiger partial charge in [-0.25, -0.2) is 13.5 Å². The second-order valence-electron chi connectivity index (χ2n) is 7.89. The summed E-state index contributed by atoms with van der Waals surface area (Å²) in [6, 6.07) is 11.6. The molecule has 0 aliphatic heterocycles. The van der Waals surface area contributed by atoms with Crippen LogP contribution in [0.3, 0.4) is 0 Å². The highest BCUT2D eigenvalue weighted by molar-refractivity contribution is 5.90. The first-order valence-corrected chi connectivity index (χ1v) is 10.5. The van der Waals surface area contributed by atoms with Crippen molar-refractivity contribution < 1.29 is 32.2 Å². The van der Waals surface area contributed by atoms with Crippen LogP contribution in [0.2, 0.25) is 0 Å². The summed E-state index contributed by atoms with van der Waals surface area (Å²) in [4.78, 5) is 15.5. The number of Topliss-reactive ketones (excluding diaryl/α,β-unsaturated/α-hetero) is 1. The molecular weight excluding hydrogens is 496 g/mol. The average molecular weight is 512 g/mol. The number of benzene rings is 2. The van der Waals surface area contributed by atoms with Crippen LogP contribution in [0.25, 0.3) is 0 Å². The van der Waals surface area contributed by atoms with Gasteiger partial charge in [-0.1, -0.05) is 0 Å². The van der Waals surface area contributed by atoms with Crippen molar-refractivity contribution in [2.45, 2.75) is 25.0 Å². The number of aromatic nitrogens is 5. The van der Waals surface area contributed by atoms with Crippen LogP contribution in [-0.4, -0.2) is 36.1 Å². The Hall–Kier alpha value is -4.70. The number of carbonyl (C=O) groups excluding carboxylic acids is 1. The first-order chi connectivity index (χ1) is 17.5. The van der Waals surface area contributed by atoms with E-state index in [9.17, 15) is 18.7 Å². The zero-order valence-corrected chi connectivity index (χ0v) is 18.9. The number of hydrogen-bond donors (Lipinski definition) is 1. The molecule has 0 aliphatic carbocycles. The monoisotopic (exact) mass is 512 g/mol. The van der Waals surface area contributed by atoms with E-state index >= 15 is 8.78 Å². The van der Waals surface area contributed by atoms with Gasteiger partial charge in [0, 0.05) is 18.6 Å². The van der Waals surface area contributed by atoms with Crippen LogP contribution in [-0.2, 0) is 18.1 Å². The summed E-state index contributed by atoms with van der Waals surface area (Å²) in [7, 11) is 0. The summed E-state index contributed by atoms with van der Waals surface area (Å²) in [5.74, 6) is -7.62. The Labute approximate surface area is 206 Å². The lowest BCUT2D eigenvalue weighted by Crippen LogP contribution is -2.48. The fourth-order valence-corrected chi connectivity index (χ4v) is 3.53.